The summed E-state index contributed by atoms with van der Waals surface area (Å²) in [5, 5.41) is 3.04. The highest BCUT2D eigenvalue weighted by Gasteiger charge is 2.30. The van der Waals surface area contributed by atoms with E-state index in [-0.39, 0.29) is 0 Å². The molecule has 1 atom stereocenters. The Morgan fingerprint density at radius 1 is 1.31 bits per heavy atom. The molecule has 1 unspecified atom stereocenters. The van der Waals surface area contributed by atoms with Crippen LogP contribution in [0.5, 0.6) is 0 Å². The minimum atomic E-state index is 0.322. The van der Waals surface area contributed by atoms with Gasteiger partial charge >= 0.3 is 0 Å². The minimum Gasteiger partial charge on any atom is -0.341 e. The van der Waals surface area contributed by atoms with Crippen molar-refractivity contribution in [2.24, 2.45) is 0 Å². The molecule has 1 N–H and O–H groups in total. The van der Waals surface area contributed by atoms with Gasteiger partial charge in [0.25, 0.3) is 0 Å². The van der Waals surface area contributed by atoms with Crippen molar-refractivity contribution < 1.29 is 4.79 Å². The Morgan fingerprint density at radius 2 is 2.12 bits per heavy atom. The van der Waals surface area contributed by atoms with Gasteiger partial charge < -0.3 is 10.2 Å². The first-order valence-electron chi connectivity index (χ1n) is 6.47. The predicted octanol–water partition coefficient (Wildman–Crippen LogP) is 0.293. The summed E-state index contributed by atoms with van der Waals surface area (Å²) in [5.74, 6) is 0.322. The van der Waals surface area contributed by atoms with Crippen LogP contribution in [0.25, 0.3) is 0 Å². The van der Waals surface area contributed by atoms with Crippen LogP contribution in [0.3, 0.4) is 0 Å². The van der Waals surface area contributed by atoms with E-state index in [4.69, 9.17) is 0 Å². The fourth-order valence-corrected chi connectivity index (χ4v) is 2.82. The van der Waals surface area contributed by atoms with Crippen LogP contribution in [0, 0.1) is 0 Å². The van der Waals surface area contributed by atoms with E-state index in [0.29, 0.717) is 18.4 Å². The molecule has 0 aromatic rings. The summed E-state index contributed by atoms with van der Waals surface area (Å²) in [6, 6.07) is 0.640. The molecular weight excluding hydrogens is 202 g/mol. The van der Waals surface area contributed by atoms with Gasteiger partial charge in [-0.1, -0.05) is 0 Å². The lowest BCUT2D eigenvalue weighted by atomic mass is 10.2. The number of fused-ring (bicyclic) bond motifs is 1. The molecule has 0 bridgehead atoms. The summed E-state index contributed by atoms with van der Waals surface area (Å²) in [7, 11) is 1.90. The lowest BCUT2D eigenvalue weighted by Crippen LogP contribution is -2.40. The summed E-state index contributed by atoms with van der Waals surface area (Å²) >= 11 is 0. The molecule has 2 heterocycles. The van der Waals surface area contributed by atoms with Crippen LogP contribution in [0.2, 0.25) is 0 Å². The summed E-state index contributed by atoms with van der Waals surface area (Å²) in [6.45, 7) is 5.13. The van der Waals surface area contributed by atoms with Crippen molar-refractivity contribution in [1.29, 1.82) is 0 Å². The first-order valence-corrected chi connectivity index (χ1v) is 6.47. The fourth-order valence-electron chi connectivity index (χ4n) is 2.82. The molecular formula is C12H23N3O. The van der Waals surface area contributed by atoms with Gasteiger partial charge in [-0.3, -0.25) is 9.69 Å². The molecule has 16 heavy (non-hydrogen) atoms. The normalized spacial score (nSPS) is 26.6. The van der Waals surface area contributed by atoms with Crippen LogP contribution in [-0.2, 0) is 4.79 Å². The average molecular weight is 225 g/mol. The second kappa shape index (κ2) is 5.64. The number of amides is 1. The Morgan fingerprint density at radius 3 is 2.94 bits per heavy atom. The lowest BCUT2D eigenvalue weighted by molar-refractivity contribution is -0.131. The van der Waals surface area contributed by atoms with E-state index >= 15 is 0 Å². The number of nitrogens with one attached hydrogen (secondary N) is 1. The molecule has 0 radical (unpaired) electrons. The van der Waals surface area contributed by atoms with Crippen molar-refractivity contribution in [3.63, 3.8) is 0 Å². The quantitative estimate of drug-likeness (QED) is 0.750. The lowest BCUT2D eigenvalue weighted by Gasteiger charge is -2.25. The summed E-state index contributed by atoms with van der Waals surface area (Å²) in [6.07, 6.45) is 4.37. The molecule has 0 saturated carbocycles. The highest BCUT2D eigenvalue weighted by molar-refractivity contribution is 5.76. The Kier molecular flexibility index (Phi) is 4.18. The first-order chi connectivity index (χ1) is 7.81. The van der Waals surface area contributed by atoms with Crippen molar-refractivity contribution in [2.75, 3.05) is 39.8 Å². The Hall–Kier alpha value is -0.610. The SMILES string of the molecule is CNCCC(=O)N1CCCN2CCCC2C1. The third-order valence-electron chi connectivity index (χ3n) is 3.75. The highest BCUT2D eigenvalue weighted by atomic mass is 16.2. The maximum Gasteiger partial charge on any atom is 0.223 e. The molecule has 0 aromatic carbocycles. The van der Waals surface area contributed by atoms with Gasteiger partial charge in [-0.25, -0.2) is 0 Å². The molecule has 2 saturated heterocycles. The standard InChI is InChI=1S/C12H23N3O/c1-13-6-5-12(16)15-9-3-8-14-7-2-4-11(14)10-15/h11,13H,2-10H2,1H3. The minimum absolute atomic E-state index is 0.322. The molecule has 0 aliphatic carbocycles. The molecule has 2 fully saturated rings. The van der Waals surface area contributed by atoms with Gasteiger partial charge in [0.1, 0.15) is 0 Å². The van der Waals surface area contributed by atoms with E-state index in [1.165, 1.54) is 25.9 Å². The van der Waals surface area contributed by atoms with Gasteiger partial charge in [0, 0.05) is 38.6 Å². The van der Waals surface area contributed by atoms with Gasteiger partial charge in [0.15, 0.2) is 0 Å². The zero-order valence-electron chi connectivity index (χ0n) is 10.2. The monoisotopic (exact) mass is 225 g/mol. The molecule has 4 heteroatoms. The number of nitrogens with zero attached hydrogens (tertiary/aromatic N) is 2. The van der Waals surface area contributed by atoms with Crippen molar-refractivity contribution in [1.82, 2.24) is 15.1 Å². The Labute approximate surface area is 98.0 Å². The van der Waals surface area contributed by atoms with E-state index in [1.54, 1.807) is 0 Å². The summed E-state index contributed by atoms with van der Waals surface area (Å²) in [4.78, 5) is 16.6. The molecule has 2 rings (SSSR count). The fraction of sp³-hybridized carbons (Fsp3) is 0.917. The van der Waals surface area contributed by atoms with Crippen molar-refractivity contribution >= 4 is 5.91 Å². The third-order valence-corrected chi connectivity index (χ3v) is 3.75. The predicted molar refractivity (Wildman–Crippen MR) is 64.3 cm³/mol. The van der Waals surface area contributed by atoms with E-state index < -0.39 is 0 Å². The van der Waals surface area contributed by atoms with E-state index in [1.807, 2.05) is 7.05 Å². The molecule has 2 aliphatic rings. The number of carbonyl (C=O) groups excluding carboxylic acids is 1. The number of rotatable bonds is 3. The molecule has 0 spiro atoms. The van der Waals surface area contributed by atoms with Gasteiger partial charge in [-0.15, -0.1) is 0 Å². The van der Waals surface area contributed by atoms with Crippen LogP contribution < -0.4 is 5.32 Å². The third kappa shape index (κ3) is 2.74. The van der Waals surface area contributed by atoms with Crippen LogP contribution in [0.15, 0.2) is 0 Å². The van der Waals surface area contributed by atoms with E-state index in [9.17, 15) is 4.79 Å². The van der Waals surface area contributed by atoms with Crippen LogP contribution in [-0.4, -0.2) is 61.5 Å². The van der Waals surface area contributed by atoms with E-state index in [2.05, 4.69) is 15.1 Å². The van der Waals surface area contributed by atoms with Crippen LogP contribution in [0.1, 0.15) is 25.7 Å². The van der Waals surface area contributed by atoms with E-state index in [0.717, 1.165) is 26.1 Å². The first kappa shape index (κ1) is 11.9. The van der Waals surface area contributed by atoms with Crippen molar-refractivity contribution in [2.45, 2.75) is 31.7 Å². The molecule has 4 nitrogen and oxygen atoms in total. The van der Waals surface area contributed by atoms with Crippen molar-refractivity contribution in [3.05, 3.63) is 0 Å². The molecule has 0 aromatic heterocycles. The zero-order valence-corrected chi connectivity index (χ0v) is 10.2. The Balaban J connectivity index is 1.87. The van der Waals surface area contributed by atoms with Crippen LogP contribution >= 0.6 is 0 Å². The molecule has 92 valence electrons. The van der Waals surface area contributed by atoms with Crippen LogP contribution in [0.4, 0.5) is 0 Å². The maximum atomic E-state index is 12.0. The highest BCUT2D eigenvalue weighted by Crippen LogP contribution is 2.21. The molecule has 2 aliphatic heterocycles. The topological polar surface area (TPSA) is 35.6 Å². The maximum absolute atomic E-state index is 12.0. The summed E-state index contributed by atoms with van der Waals surface area (Å²) in [5.41, 5.74) is 0. The summed E-state index contributed by atoms with van der Waals surface area (Å²) < 4.78 is 0. The largest absolute Gasteiger partial charge is 0.341 e. The van der Waals surface area contributed by atoms with Gasteiger partial charge in [0.2, 0.25) is 5.91 Å². The number of carbonyl (C=O) groups is 1. The number of hydrogen-bond donors (Lipinski definition) is 1. The second-order valence-corrected chi connectivity index (χ2v) is 4.88. The van der Waals surface area contributed by atoms with Crippen molar-refractivity contribution in [3.8, 4) is 0 Å². The van der Waals surface area contributed by atoms with Gasteiger partial charge in [-0.05, 0) is 32.9 Å². The Bertz CT molecular complexity index is 244. The average Bonchev–Trinajstić information content (AvgIpc) is 2.63. The number of hydrogen-bond acceptors (Lipinski definition) is 3. The molecule has 1 amide bonds. The second-order valence-electron chi connectivity index (χ2n) is 4.88. The zero-order chi connectivity index (χ0) is 11.4. The van der Waals surface area contributed by atoms with Gasteiger partial charge in [-0.2, -0.15) is 0 Å². The smallest absolute Gasteiger partial charge is 0.223 e. The van der Waals surface area contributed by atoms with Gasteiger partial charge in [0.05, 0.1) is 0 Å².